The van der Waals surface area contributed by atoms with Crippen LogP contribution in [0.5, 0.6) is 5.75 Å². The third kappa shape index (κ3) is 3.16. The van der Waals surface area contributed by atoms with Gasteiger partial charge in [-0.25, -0.2) is 0 Å². The molecule has 3 aromatic rings. The summed E-state index contributed by atoms with van der Waals surface area (Å²) in [6.07, 6.45) is 0. The summed E-state index contributed by atoms with van der Waals surface area (Å²) in [5.41, 5.74) is 1.45. The van der Waals surface area contributed by atoms with E-state index >= 15 is 0 Å². The maximum atomic E-state index is 6.21. The molecule has 0 aliphatic heterocycles. The number of nitrogens with one attached hydrogen (secondary N) is 1. The highest BCUT2D eigenvalue weighted by Gasteiger charge is 2.10. The lowest BCUT2D eigenvalue weighted by Crippen LogP contribution is -1.98. The fourth-order valence-electron chi connectivity index (χ4n) is 1.86. The first-order chi connectivity index (χ1) is 10.6. The molecule has 8 heteroatoms. The van der Waals surface area contributed by atoms with E-state index in [1.165, 1.54) is 0 Å². The Morgan fingerprint density at radius 3 is 2.41 bits per heavy atom. The SMILES string of the molecule is Clc1cc(-c2nn[nH]n2)ccc1OCc1c(Cl)cccc1Cl. The second-order valence-corrected chi connectivity index (χ2v) is 5.59. The number of benzene rings is 2. The number of aromatic amines is 1. The number of halogens is 3. The van der Waals surface area contributed by atoms with Gasteiger partial charge in [0.25, 0.3) is 0 Å². The molecule has 0 fully saturated rings. The van der Waals surface area contributed by atoms with Gasteiger partial charge in [0.1, 0.15) is 12.4 Å². The number of H-pyrrole nitrogens is 1. The molecule has 0 saturated heterocycles. The first-order valence-electron chi connectivity index (χ1n) is 6.24. The summed E-state index contributed by atoms with van der Waals surface area (Å²) < 4.78 is 5.69. The van der Waals surface area contributed by atoms with Gasteiger partial charge < -0.3 is 4.74 Å². The number of hydrogen-bond donors (Lipinski definition) is 1. The second kappa shape index (κ2) is 6.52. The first-order valence-corrected chi connectivity index (χ1v) is 7.37. The van der Waals surface area contributed by atoms with Crippen LogP contribution in [0.4, 0.5) is 0 Å². The average molecular weight is 356 g/mol. The van der Waals surface area contributed by atoms with Gasteiger partial charge in [0.15, 0.2) is 0 Å². The lowest BCUT2D eigenvalue weighted by atomic mass is 10.2. The quantitative estimate of drug-likeness (QED) is 0.753. The Hall–Kier alpha value is -1.82. The van der Waals surface area contributed by atoms with E-state index in [1.807, 2.05) is 0 Å². The first kappa shape index (κ1) is 15.1. The molecule has 0 unspecified atom stereocenters. The van der Waals surface area contributed by atoms with Crippen molar-refractivity contribution in [3.8, 4) is 17.1 Å². The van der Waals surface area contributed by atoms with E-state index in [0.717, 1.165) is 5.56 Å². The zero-order chi connectivity index (χ0) is 15.5. The number of rotatable bonds is 4. The van der Waals surface area contributed by atoms with E-state index in [4.69, 9.17) is 39.5 Å². The van der Waals surface area contributed by atoms with Crippen LogP contribution in [0.15, 0.2) is 36.4 Å². The predicted molar refractivity (Wildman–Crippen MR) is 85.4 cm³/mol. The average Bonchev–Trinajstić information content (AvgIpc) is 3.02. The molecule has 1 N–H and O–H groups in total. The van der Waals surface area contributed by atoms with Crippen molar-refractivity contribution in [2.45, 2.75) is 6.61 Å². The van der Waals surface area contributed by atoms with Crippen LogP contribution in [0.3, 0.4) is 0 Å². The summed E-state index contributed by atoms with van der Waals surface area (Å²) in [4.78, 5) is 0. The Morgan fingerprint density at radius 1 is 1.00 bits per heavy atom. The molecule has 3 rings (SSSR count). The zero-order valence-electron chi connectivity index (χ0n) is 11.1. The van der Waals surface area contributed by atoms with Gasteiger partial charge in [0.05, 0.1) is 5.02 Å². The minimum Gasteiger partial charge on any atom is -0.487 e. The highest BCUT2D eigenvalue weighted by atomic mass is 35.5. The molecule has 0 bridgehead atoms. The summed E-state index contributed by atoms with van der Waals surface area (Å²) in [7, 11) is 0. The molecule has 0 spiro atoms. The molecular weight excluding hydrogens is 347 g/mol. The zero-order valence-corrected chi connectivity index (χ0v) is 13.3. The van der Waals surface area contributed by atoms with Crippen LogP contribution in [0.1, 0.15) is 5.56 Å². The predicted octanol–water partition coefficient (Wildman–Crippen LogP) is 4.41. The van der Waals surface area contributed by atoms with Crippen LogP contribution in [-0.4, -0.2) is 20.6 Å². The highest BCUT2D eigenvalue weighted by Crippen LogP contribution is 2.31. The lowest BCUT2D eigenvalue weighted by molar-refractivity contribution is 0.306. The fourth-order valence-corrected chi connectivity index (χ4v) is 2.60. The monoisotopic (exact) mass is 354 g/mol. The van der Waals surface area contributed by atoms with Crippen molar-refractivity contribution < 1.29 is 4.74 Å². The Labute approximate surface area is 141 Å². The smallest absolute Gasteiger partial charge is 0.204 e. The van der Waals surface area contributed by atoms with E-state index in [1.54, 1.807) is 36.4 Å². The second-order valence-electron chi connectivity index (χ2n) is 4.37. The molecule has 22 heavy (non-hydrogen) atoms. The number of hydrogen-bond acceptors (Lipinski definition) is 4. The number of ether oxygens (including phenoxy) is 1. The van der Waals surface area contributed by atoms with Crippen LogP contribution in [-0.2, 0) is 6.61 Å². The molecule has 1 heterocycles. The normalized spacial score (nSPS) is 10.7. The van der Waals surface area contributed by atoms with E-state index in [2.05, 4.69) is 20.6 Å². The van der Waals surface area contributed by atoms with E-state index in [-0.39, 0.29) is 6.61 Å². The van der Waals surface area contributed by atoms with Gasteiger partial charge in [-0.15, -0.1) is 10.2 Å². The van der Waals surface area contributed by atoms with Crippen molar-refractivity contribution in [3.05, 3.63) is 57.0 Å². The van der Waals surface area contributed by atoms with Crippen molar-refractivity contribution in [2.75, 3.05) is 0 Å². The van der Waals surface area contributed by atoms with Gasteiger partial charge >= 0.3 is 0 Å². The Balaban J connectivity index is 1.79. The summed E-state index contributed by atoms with van der Waals surface area (Å²) >= 11 is 18.4. The third-order valence-electron chi connectivity index (χ3n) is 2.97. The topological polar surface area (TPSA) is 63.7 Å². The summed E-state index contributed by atoms with van der Waals surface area (Å²) in [6.45, 7) is 0.222. The third-order valence-corrected chi connectivity index (χ3v) is 3.97. The minimum absolute atomic E-state index is 0.222. The molecular formula is C14H9Cl3N4O. The molecule has 2 aromatic carbocycles. The van der Waals surface area contributed by atoms with Crippen molar-refractivity contribution in [1.29, 1.82) is 0 Å². The van der Waals surface area contributed by atoms with Crippen molar-refractivity contribution >= 4 is 34.8 Å². The Bertz CT molecular complexity index is 773. The van der Waals surface area contributed by atoms with Gasteiger partial charge in [-0.3, -0.25) is 0 Å². The molecule has 0 aliphatic rings. The molecule has 0 radical (unpaired) electrons. The van der Waals surface area contributed by atoms with Crippen LogP contribution in [0, 0.1) is 0 Å². The minimum atomic E-state index is 0.222. The standard InChI is InChI=1S/C14H9Cl3N4O/c15-10-2-1-3-11(16)9(10)7-22-13-5-4-8(6-12(13)17)14-18-20-21-19-14/h1-6H,7H2,(H,18,19,20,21). The van der Waals surface area contributed by atoms with Gasteiger partial charge in [0, 0.05) is 21.2 Å². The largest absolute Gasteiger partial charge is 0.487 e. The molecule has 0 saturated carbocycles. The molecule has 112 valence electrons. The summed E-state index contributed by atoms with van der Waals surface area (Å²) in [5.74, 6) is 0.979. The van der Waals surface area contributed by atoms with Gasteiger partial charge in [0.2, 0.25) is 5.82 Å². The van der Waals surface area contributed by atoms with Crippen LogP contribution < -0.4 is 4.74 Å². The van der Waals surface area contributed by atoms with E-state index < -0.39 is 0 Å². The van der Waals surface area contributed by atoms with Crippen LogP contribution in [0.2, 0.25) is 15.1 Å². The van der Waals surface area contributed by atoms with Crippen molar-refractivity contribution in [1.82, 2.24) is 20.6 Å². The van der Waals surface area contributed by atoms with Gasteiger partial charge in [-0.2, -0.15) is 5.21 Å². The highest BCUT2D eigenvalue weighted by molar-refractivity contribution is 6.36. The van der Waals surface area contributed by atoms with Gasteiger partial charge in [-0.05, 0) is 35.5 Å². The molecule has 0 aliphatic carbocycles. The molecule has 0 atom stereocenters. The molecule has 1 aromatic heterocycles. The molecule has 0 amide bonds. The van der Waals surface area contributed by atoms with E-state index in [9.17, 15) is 0 Å². The summed E-state index contributed by atoms with van der Waals surface area (Å²) in [6, 6.07) is 10.5. The summed E-state index contributed by atoms with van der Waals surface area (Å²) in [5, 5.41) is 15.2. The van der Waals surface area contributed by atoms with E-state index in [0.29, 0.717) is 32.2 Å². The fraction of sp³-hybridized carbons (Fsp3) is 0.0714. The number of aromatic nitrogens is 4. The Kier molecular flexibility index (Phi) is 4.47. The van der Waals surface area contributed by atoms with Crippen molar-refractivity contribution in [2.24, 2.45) is 0 Å². The molecule has 5 nitrogen and oxygen atoms in total. The maximum absolute atomic E-state index is 6.21. The number of nitrogens with zero attached hydrogens (tertiary/aromatic N) is 3. The van der Waals surface area contributed by atoms with Crippen LogP contribution in [0.25, 0.3) is 11.4 Å². The van der Waals surface area contributed by atoms with Gasteiger partial charge in [-0.1, -0.05) is 40.9 Å². The lowest BCUT2D eigenvalue weighted by Gasteiger charge is -2.11. The number of tetrazole rings is 1. The maximum Gasteiger partial charge on any atom is 0.204 e. The van der Waals surface area contributed by atoms with Crippen molar-refractivity contribution in [3.63, 3.8) is 0 Å². The Morgan fingerprint density at radius 2 is 1.77 bits per heavy atom. The van der Waals surface area contributed by atoms with Crippen LogP contribution >= 0.6 is 34.8 Å².